The van der Waals surface area contributed by atoms with Gasteiger partial charge in [0.1, 0.15) is 30.2 Å². The lowest BCUT2D eigenvalue weighted by Gasteiger charge is -2.18. The van der Waals surface area contributed by atoms with Gasteiger partial charge in [0.15, 0.2) is 22.0 Å². The van der Waals surface area contributed by atoms with Gasteiger partial charge in [0.05, 0.1) is 12.9 Å². The summed E-state index contributed by atoms with van der Waals surface area (Å²) in [6.45, 7) is -0.704. The molecule has 162 valence electrons. The van der Waals surface area contributed by atoms with Crippen LogP contribution in [0.2, 0.25) is 0 Å². The largest absolute Gasteiger partial charge is 0.751 e. The normalized spacial score (nSPS) is 34.3. The molecule has 0 aromatic carbocycles. The molecule has 2 saturated heterocycles. The van der Waals surface area contributed by atoms with Gasteiger partial charge in [-0.15, -0.1) is 0 Å². The molecule has 0 amide bonds. The van der Waals surface area contributed by atoms with Crippen LogP contribution in [-0.2, 0) is 36.3 Å². The maximum absolute atomic E-state index is 12.3. The molecule has 0 spiro atoms. The Labute approximate surface area is 168 Å². The number of fused-ring (bicyclic) bond motifs is 1. The van der Waals surface area contributed by atoms with Crippen LogP contribution in [-0.4, -0.2) is 65.6 Å². The number of nitrogens with zero attached hydrogens (tertiary/aromatic N) is 4. The Bertz CT molecular complexity index is 1030. The van der Waals surface area contributed by atoms with Crippen LogP contribution in [0.25, 0.3) is 11.2 Å². The molecular formula is C11H14N5O11P3+2. The summed E-state index contributed by atoms with van der Waals surface area (Å²) < 4.78 is 59.5. The van der Waals surface area contributed by atoms with Gasteiger partial charge in [-0.3, -0.25) is 9.13 Å². The van der Waals surface area contributed by atoms with Crippen molar-refractivity contribution in [2.45, 2.75) is 30.6 Å². The van der Waals surface area contributed by atoms with Crippen molar-refractivity contribution in [2.75, 3.05) is 12.3 Å². The van der Waals surface area contributed by atoms with Gasteiger partial charge in [0.25, 0.3) is 0 Å². The van der Waals surface area contributed by atoms with Crippen LogP contribution in [0.15, 0.2) is 12.7 Å². The van der Waals surface area contributed by atoms with Crippen molar-refractivity contribution in [3.05, 3.63) is 12.7 Å². The molecule has 0 bridgehead atoms. The number of ether oxygens (including phenoxy) is 1. The number of imidazole rings is 1. The number of aliphatic hydroxyl groups excluding tert-OH is 2. The summed E-state index contributed by atoms with van der Waals surface area (Å²) >= 11 is 0. The van der Waals surface area contributed by atoms with E-state index in [2.05, 4.69) is 28.3 Å². The van der Waals surface area contributed by atoms with E-state index in [1.54, 1.807) is 0 Å². The zero-order valence-electron chi connectivity index (χ0n) is 14.6. The van der Waals surface area contributed by atoms with Gasteiger partial charge in [-0.05, 0) is 0 Å². The van der Waals surface area contributed by atoms with Crippen molar-refractivity contribution in [1.29, 1.82) is 0 Å². The fourth-order valence-electron chi connectivity index (χ4n) is 2.77. The summed E-state index contributed by atoms with van der Waals surface area (Å²) in [5, 5.41) is 20.6. The van der Waals surface area contributed by atoms with Crippen LogP contribution < -0.4 is 5.73 Å². The number of anilines is 1. The van der Waals surface area contributed by atoms with Crippen LogP contribution in [0.5, 0.6) is 0 Å². The van der Waals surface area contributed by atoms with Crippen LogP contribution >= 0.6 is 24.1 Å². The molecule has 2 aliphatic rings. The lowest BCUT2D eigenvalue weighted by molar-refractivity contribution is -0.0525. The first-order chi connectivity index (χ1) is 14.2. The maximum Gasteiger partial charge on any atom is 0.751 e. The number of nitrogen functional groups attached to an aromatic ring is 1. The average molecular weight is 485 g/mol. The van der Waals surface area contributed by atoms with Crippen molar-refractivity contribution in [3.63, 3.8) is 0 Å². The Balaban J connectivity index is 1.47. The molecule has 2 aromatic rings. The van der Waals surface area contributed by atoms with Crippen molar-refractivity contribution in [3.8, 4) is 0 Å². The number of aromatic nitrogens is 4. The molecule has 3 unspecified atom stereocenters. The van der Waals surface area contributed by atoms with Gasteiger partial charge in [0, 0.05) is 9.13 Å². The van der Waals surface area contributed by atoms with Gasteiger partial charge >= 0.3 is 30.1 Å². The van der Waals surface area contributed by atoms with Gasteiger partial charge in [-0.25, -0.2) is 15.0 Å². The van der Waals surface area contributed by atoms with Crippen molar-refractivity contribution in [1.82, 2.24) is 19.5 Å². The van der Waals surface area contributed by atoms with E-state index in [1.807, 2.05) is 0 Å². The predicted molar refractivity (Wildman–Crippen MR) is 93.7 cm³/mol. The van der Waals surface area contributed by atoms with E-state index in [1.165, 1.54) is 17.2 Å². The number of hydrogen-bond donors (Lipinski definition) is 4. The summed E-state index contributed by atoms with van der Waals surface area (Å²) in [6, 6.07) is -2.13. The van der Waals surface area contributed by atoms with Gasteiger partial charge in [0.2, 0.25) is 0 Å². The van der Waals surface area contributed by atoms with Gasteiger partial charge in [-0.1, -0.05) is 9.05 Å². The summed E-state index contributed by atoms with van der Waals surface area (Å²) in [5.74, 6) is 0.0982. The smallest absolute Gasteiger partial charge is 0.387 e. The third kappa shape index (κ3) is 4.00. The van der Waals surface area contributed by atoms with Gasteiger partial charge in [-0.2, -0.15) is 0 Å². The maximum atomic E-state index is 12.3. The standard InChI is InChI=1S/C11H13N5O11P3/c12-8-5-9(14-2-13-8)16(3-15-5)10-7(18)6(17)4(24-10)1-23-30(21,22)11-25-28(19)27-29(20)26-11/h2-4,6-7,10-11,17-18H,1H2,(H2-,12,13,14,21,22)/q+1/p+1/t4-,6-,7-,10-/m1/s1. The molecule has 5 N–H and O–H groups in total. The SMILES string of the molecule is Nc1ncnc2c1ncn2[C@@H]1O[C@H](COP(=O)(O)C2O[P+](=O)O[P+](=O)O2)[C@@H](O)[C@H]1O. The fourth-order valence-corrected chi connectivity index (χ4v) is 5.86. The highest BCUT2D eigenvalue weighted by molar-refractivity contribution is 7.55. The highest BCUT2D eigenvalue weighted by Gasteiger charge is 2.60. The van der Waals surface area contributed by atoms with E-state index in [0.717, 1.165) is 0 Å². The Morgan fingerprint density at radius 2 is 1.90 bits per heavy atom. The molecule has 16 nitrogen and oxygen atoms in total. The van der Waals surface area contributed by atoms with E-state index in [9.17, 15) is 28.8 Å². The first-order valence-corrected chi connectivity index (χ1v) is 11.9. The molecule has 2 fully saturated rings. The molecule has 2 aromatic heterocycles. The molecule has 30 heavy (non-hydrogen) atoms. The molecule has 4 heterocycles. The van der Waals surface area contributed by atoms with E-state index in [4.69, 9.17) is 15.0 Å². The van der Waals surface area contributed by atoms with E-state index >= 15 is 0 Å². The first kappa shape index (κ1) is 21.7. The average Bonchev–Trinajstić information content (AvgIpc) is 3.22. The van der Waals surface area contributed by atoms with Crippen molar-refractivity contribution < 1.29 is 51.4 Å². The minimum Gasteiger partial charge on any atom is -0.387 e. The summed E-state index contributed by atoms with van der Waals surface area (Å²) in [5.41, 5.74) is 6.19. The molecule has 0 saturated carbocycles. The summed E-state index contributed by atoms with van der Waals surface area (Å²) in [7, 11) is -10.7. The van der Waals surface area contributed by atoms with Crippen LogP contribution in [0.4, 0.5) is 5.82 Å². The Kier molecular flexibility index (Phi) is 5.92. The quantitative estimate of drug-likeness (QED) is 0.405. The fraction of sp³-hybridized carbons (Fsp3) is 0.545. The summed E-state index contributed by atoms with van der Waals surface area (Å²) in [6.07, 6.45) is -3.01. The zero-order valence-corrected chi connectivity index (χ0v) is 17.2. The minimum absolute atomic E-state index is 0.0982. The highest BCUT2D eigenvalue weighted by Crippen LogP contribution is 2.60. The zero-order chi connectivity index (χ0) is 21.6. The molecule has 2 aliphatic heterocycles. The van der Waals surface area contributed by atoms with Crippen LogP contribution in [0.3, 0.4) is 0 Å². The lowest BCUT2D eigenvalue weighted by Crippen LogP contribution is -2.34. The number of rotatable bonds is 5. The summed E-state index contributed by atoms with van der Waals surface area (Å²) in [4.78, 5) is 21.8. The van der Waals surface area contributed by atoms with Gasteiger partial charge < -0.3 is 30.1 Å². The first-order valence-electron chi connectivity index (χ1n) is 8.05. The molecular weight excluding hydrogens is 471 g/mol. The molecule has 4 rings (SSSR count). The van der Waals surface area contributed by atoms with Crippen LogP contribution in [0, 0.1) is 0 Å². The Morgan fingerprint density at radius 1 is 1.20 bits per heavy atom. The van der Waals surface area contributed by atoms with E-state index in [0.29, 0.717) is 0 Å². The molecule has 0 radical (unpaired) electrons. The Hall–Kier alpha value is -1.54. The van der Waals surface area contributed by atoms with E-state index in [-0.39, 0.29) is 17.0 Å². The third-order valence-electron chi connectivity index (χ3n) is 4.17. The lowest BCUT2D eigenvalue weighted by atomic mass is 10.1. The van der Waals surface area contributed by atoms with Crippen molar-refractivity contribution in [2.24, 2.45) is 0 Å². The molecule has 0 aliphatic carbocycles. The second-order valence-electron chi connectivity index (χ2n) is 6.04. The molecule has 7 atom stereocenters. The Morgan fingerprint density at radius 3 is 2.60 bits per heavy atom. The number of hydrogen-bond acceptors (Lipinski definition) is 14. The monoisotopic (exact) mass is 485 g/mol. The topological polar surface area (TPSA) is 228 Å². The van der Waals surface area contributed by atoms with Crippen molar-refractivity contribution >= 4 is 41.1 Å². The third-order valence-corrected chi connectivity index (χ3v) is 7.56. The number of nitrogens with two attached hydrogens (primary N) is 1. The molecule has 19 heteroatoms. The van der Waals surface area contributed by atoms with Crippen LogP contribution in [0.1, 0.15) is 6.23 Å². The highest BCUT2D eigenvalue weighted by atomic mass is 31.2. The minimum atomic E-state index is -4.79. The predicted octanol–water partition coefficient (Wildman–Crippen LogP) is -0.109. The second kappa shape index (κ2) is 8.19. The number of aliphatic hydroxyl groups is 2. The second-order valence-corrected chi connectivity index (χ2v) is 9.81. The van der Waals surface area contributed by atoms with E-state index < -0.39 is 61.3 Å².